The number of hydrogen-bond donors (Lipinski definition) is 2. The van der Waals surface area contributed by atoms with E-state index in [1.165, 1.54) is 12.2 Å². The van der Waals surface area contributed by atoms with Crippen LogP contribution in [0.2, 0.25) is 0 Å². The summed E-state index contributed by atoms with van der Waals surface area (Å²) in [6.07, 6.45) is 9.87. The summed E-state index contributed by atoms with van der Waals surface area (Å²) in [5.41, 5.74) is 0. The number of rotatable bonds is 0. The van der Waals surface area contributed by atoms with Crippen molar-refractivity contribution in [2.45, 2.75) is 57.3 Å². The van der Waals surface area contributed by atoms with Crippen LogP contribution in [-0.4, -0.2) is 34.5 Å². The van der Waals surface area contributed by atoms with Gasteiger partial charge >= 0.3 is 5.97 Å². The number of ether oxygens (including phenoxy) is 1. The van der Waals surface area contributed by atoms with Crippen LogP contribution in [0.15, 0.2) is 24.3 Å². The largest absolute Gasteiger partial charge is 0.460 e. The third-order valence-electron chi connectivity index (χ3n) is 4.19. The Balaban J connectivity index is 2.11. The van der Waals surface area contributed by atoms with E-state index in [4.69, 9.17) is 4.74 Å². The zero-order chi connectivity index (χ0) is 14.5. The zero-order valence-corrected chi connectivity index (χ0v) is 11.9. The summed E-state index contributed by atoms with van der Waals surface area (Å²) in [5.74, 6) is -0.249. The molecule has 1 fully saturated rings. The molecule has 0 radical (unpaired) electrons. The molecule has 4 nitrogen and oxygen atoms in total. The third-order valence-corrected chi connectivity index (χ3v) is 4.19. The molecular weight excluding hydrogens is 256 g/mol. The Hall–Kier alpha value is -1.13. The second-order valence-corrected chi connectivity index (χ2v) is 5.91. The second kappa shape index (κ2) is 7.04. The van der Waals surface area contributed by atoms with Crippen molar-refractivity contribution in [2.24, 2.45) is 11.8 Å². The third kappa shape index (κ3) is 4.18. The van der Waals surface area contributed by atoms with Crippen molar-refractivity contribution in [1.82, 2.24) is 0 Å². The molecule has 0 bridgehead atoms. The molecule has 2 N–H and O–H groups in total. The molecule has 0 saturated heterocycles. The van der Waals surface area contributed by atoms with Crippen molar-refractivity contribution in [3.63, 3.8) is 0 Å². The number of hydrogen-bond acceptors (Lipinski definition) is 4. The van der Waals surface area contributed by atoms with Gasteiger partial charge in [-0.15, -0.1) is 0 Å². The van der Waals surface area contributed by atoms with E-state index >= 15 is 0 Å². The van der Waals surface area contributed by atoms with Gasteiger partial charge in [0.1, 0.15) is 0 Å². The molecule has 0 aromatic rings. The lowest BCUT2D eigenvalue weighted by Gasteiger charge is -2.19. The van der Waals surface area contributed by atoms with Gasteiger partial charge in [0.15, 0.2) is 0 Å². The zero-order valence-electron chi connectivity index (χ0n) is 11.9. The second-order valence-electron chi connectivity index (χ2n) is 5.91. The fourth-order valence-electron chi connectivity index (χ4n) is 3.10. The van der Waals surface area contributed by atoms with Crippen molar-refractivity contribution < 1.29 is 19.7 Å². The van der Waals surface area contributed by atoms with E-state index in [-0.39, 0.29) is 24.0 Å². The maximum Gasteiger partial charge on any atom is 0.330 e. The van der Waals surface area contributed by atoms with Crippen molar-refractivity contribution in [1.29, 1.82) is 0 Å². The Kier molecular flexibility index (Phi) is 5.38. The van der Waals surface area contributed by atoms with E-state index in [0.29, 0.717) is 12.8 Å². The van der Waals surface area contributed by atoms with Crippen LogP contribution in [0.1, 0.15) is 39.0 Å². The number of carbonyl (C=O) groups excluding carboxylic acids is 1. The van der Waals surface area contributed by atoms with Crippen LogP contribution in [0.4, 0.5) is 0 Å². The highest BCUT2D eigenvalue weighted by molar-refractivity contribution is 5.82. The van der Waals surface area contributed by atoms with Gasteiger partial charge in [0.25, 0.3) is 0 Å². The smallest absolute Gasteiger partial charge is 0.330 e. The highest BCUT2D eigenvalue weighted by atomic mass is 16.5. The minimum Gasteiger partial charge on any atom is -0.460 e. The molecule has 4 heteroatoms. The molecule has 0 spiro atoms. The Labute approximate surface area is 120 Å². The Morgan fingerprint density at radius 3 is 2.85 bits per heavy atom. The van der Waals surface area contributed by atoms with Gasteiger partial charge in [-0.3, -0.25) is 0 Å². The lowest BCUT2D eigenvalue weighted by Crippen LogP contribution is -2.21. The Morgan fingerprint density at radius 2 is 2.05 bits per heavy atom. The average Bonchev–Trinajstić information content (AvgIpc) is 2.76. The molecular formula is C16H24O4. The van der Waals surface area contributed by atoms with E-state index in [1.807, 2.05) is 6.92 Å². The van der Waals surface area contributed by atoms with E-state index in [1.54, 1.807) is 0 Å². The Bertz CT molecular complexity index is 388. The average molecular weight is 280 g/mol. The maximum atomic E-state index is 11.6. The highest BCUT2D eigenvalue weighted by Gasteiger charge is 2.35. The summed E-state index contributed by atoms with van der Waals surface area (Å²) in [5, 5.41) is 20.0. The van der Waals surface area contributed by atoms with Crippen LogP contribution in [-0.2, 0) is 9.53 Å². The van der Waals surface area contributed by atoms with Gasteiger partial charge in [-0.25, -0.2) is 4.79 Å². The molecule has 1 aliphatic heterocycles. The quantitative estimate of drug-likeness (QED) is 0.526. The van der Waals surface area contributed by atoms with Gasteiger partial charge in [0.2, 0.25) is 0 Å². The lowest BCUT2D eigenvalue weighted by atomic mass is 9.90. The van der Waals surface area contributed by atoms with Gasteiger partial charge in [-0.05, 0) is 56.9 Å². The molecule has 5 atom stereocenters. The molecule has 2 aliphatic rings. The number of aliphatic hydroxyl groups excluding tert-OH is 2. The molecule has 0 aromatic heterocycles. The predicted octanol–water partition coefficient (Wildman–Crippen LogP) is 1.96. The molecule has 2 rings (SSSR count). The van der Waals surface area contributed by atoms with Crippen molar-refractivity contribution >= 4 is 5.97 Å². The summed E-state index contributed by atoms with van der Waals surface area (Å²) in [6, 6.07) is 0. The molecule has 112 valence electrons. The molecule has 1 aliphatic carbocycles. The normalized spacial score (nSPS) is 39.4. The standard InChI is InChI=1S/C16H24O4/c1-11-5-3-2-4-6-12-9-13(17)10-14(12)15(18)7-8-16(19)20-11/h4,6-8,11-15,17-18H,2-3,5,9-10H2,1H3/t11-,12?,13-,14+,15+/m0/s1. The minimum atomic E-state index is -0.717. The van der Waals surface area contributed by atoms with Crippen molar-refractivity contribution in [3.8, 4) is 0 Å². The van der Waals surface area contributed by atoms with Gasteiger partial charge in [0.05, 0.1) is 18.3 Å². The summed E-state index contributed by atoms with van der Waals surface area (Å²) in [6.45, 7) is 1.89. The fourth-order valence-corrected chi connectivity index (χ4v) is 3.10. The predicted molar refractivity (Wildman–Crippen MR) is 75.9 cm³/mol. The summed E-state index contributed by atoms with van der Waals surface area (Å²) in [4.78, 5) is 11.6. The van der Waals surface area contributed by atoms with Gasteiger partial charge in [0, 0.05) is 6.08 Å². The lowest BCUT2D eigenvalue weighted by molar-refractivity contribution is -0.142. The van der Waals surface area contributed by atoms with Crippen molar-refractivity contribution in [2.75, 3.05) is 0 Å². The van der Waals surface area contributed by atoms with Crippen LogP contribution in [0.3, 0.4) is 0 Å². The van der Waals surface area contributed by atoms with E-state index in [2.05, 4.69) is 12.2 Å². The minimum absolute atomic E-state index is 0.0246. The Morgan fingerprint density at radius 1 is 1.25 bits per heavy atom. The molecule has 0 aromatic carbocycles. The topological polar surface area (TPSA) is 66.8 Å². The van der Waals surface area contributed by atoms with Crippen LogP contribution in [0.5, 0.6) is 0 Å². The van der Waals surface area contributed by atoms with Crippen LogP contribution in [0, 0.1) is 11.8 Å². The molecule has 1 saturated carbocycles. The highest BCUT2D eigenvalue weighted by Crippen LogP contribution is 2.36. The number of aliphatic hydroxyl groups is 2. The van der Waals surface area contributed by atoms with E-state index < -0.39 is 12.1 Å². The molecule has 20 heavy (non-hydrogen) atoms. The molecule has 0 amide bonds. The van der Waals surface area contributed by atoms with Crippen molar-refractivity contribution in [3.05, 3.63) is 24.3 Å². The number of cyclic esters (lactones) is 1. The first kappa shape index (κ1) is 15.3. The van der Waals surface area contributed by atoms with Gasteiger partial charge < -0.3 is 14.9 Å². The molecule has 1 unspecified atom stereocenters. The summed E-state index contributed by atoms with van der Waals surface area (Å²) < 4.78 is 5.23. The van der Waals surface area contributed by atoms with E-state index in [9.17, 15) is 15.0 Å². The van der Waals surface area contributed by atoms with Gasteiger partial charge in [-0.1, -0.05) is 12.2 Å². The summed E-state index contributed by atoms with van der Waals surface area (Å²) >= 11 is 0. The summed E-state index contributed by atoms with van der Waals surface area (Å²) in [7, 11) is 0. The van der Waals surface area contributed by atoms with Crippen LogP contribution >= 0.6 is 0 Å². The van der Waals surface area contributed by atoms with Crippen LogP contribution < -0.4 is 0 Å². The monoisotopic (exact) mass is 280 g/mol. The first-order valence-electron chi connectivity index (χ1n) is 7.48. The van der Waals surface area contributed by atoms with Gasteiger partial charge in [-0.2, -0.15) is 0 Å². The number of fused-ring (bicyclic) bond motifs is 1. The first-order valence-corrected chi connectivity index (χ1v) is 7.48. The molecule has 1 heterocycles. The first-order chi connectivity index (χ1) is 9.56. The SMILES string of the molecule is C[C@H]1CCCC=CC2C[C@H](O)C[C@H]2[C@H](O)C=CC(=O)O1. The van der Waals surface area contributed by atoms with E-state index in [0.717, 1.165) is 19.3 Å². The number of carbonyl (C=O) groups is 1. The fraction of sp³-hybridized carbons (Fsp3) is 0.688. The number of esters is 1. The number of allylic oxidation sites excluding steroid dienone is 2. The maximum absolute atomic E-state index is 11.6. The van der Waals surface area contributed by atoms with Crippen LogP contribution in [0.25, 0.3) is 0 Å².